The molecule has 0 atom stereocenters. The van der Waals surface area contributed by atoms with Gasteiger partial charge in [-0.3, -0.25) is 19.1 Å². The van der Waals surface area contributed by atoms with E-state index in [1.54, 1.807) is 13.8 Å². The number of anilines is 2. The minimum atomic E-state index is -0.659. The first-order valence-corrected chi connectivity index (χ1v) is 8.98. The van der Waals surface area contributed by atoms with Crippen molar-refractivity contribution in [3.63, 3.8) is 0 Å². The zero-order valence-electron chi connectivity index (χ0n) is 16.0. The van der Waals surface area contributed by atoms with Gasteiger partial charge in [-0.1, -0.05) is 49.2 Å². The molecule has 0 aliphatic carbocycles. The maximum Gasteiger partial charge on any atom is 0.330 e. The summed E-state index contributed by atoms with van der Waals surface area (Å²) in [6.07, 6.45) is 3.01. The first-order chi connectivity index (χ1) is 12.8. The van der Waals surface area contributed by atoms with Gasteiger partial charge in [-0.15, -0.1) is 0 Å². The quantitative estimate of drug-likeness (QED) is 0.730. The van der Waals surface area contributed by atoms with Crippen LogP contribution in [0.15, 0.2) is 51.6 Å². The van der Waals surface area contributed by atoms with Crippen molar-refractivity contribution in [3.05, 3.63) is 68.4 Å². The number of nitrogen functional groups attached to an aromatic ring is 1. The molecule has 0 aliphatic heterocycles. The molecule has 2 aromatic rings. The predicted octanol–water partition coefficient (Wildman–Crippen LogP) is 2.27. The van der Waals surface area contributed by atoms with Gasteiger partial charge in [0.25, 0.3) is 11.5 Å². The van der Waals surface area contributed by atoms with Gasteiger partial charge in [0, 0.05) is 12.6 Å². The smallest absolute Gasteiger partial charge is 0.330 e. The molecule has 3 N–H and O–H groups in total. The molecule has 0 saturated carbocycles. The van der Waals surface area contributed by atoms with Crippen LogP contribution in [0.25, 0.3) is 0 Å². The summed E-state index contributed by atoms with van der Waals surface area (Å²) in [7, 11) is 0. The van der Waals surface area contributed by atoms with E-state index in [1.807, 2.05) is 37.3 Å². The lowest BCUT2D eigenvalue weighted by Crippen LogP contribution is -2.41. The highest BCUT2D eigenvalue weighted by Crippen LogP contribution is 2.19. The number of unbranched alkanes of at least 4 members (excludes halogenated alkanes) is 1. The number of hydrogen-bond donors (Lipinski definition) is 2. The second-order valence-corrected chi connectivity index (χ2v) is 6.63. The fraction of sp³-hybridized carbons (Fsp3) is 0.350. The van der Waals surface area contributed by atoms with E-state index in [2.05, 4.69) is 4.98 Å². The molecule has 1 amide bonds. The highest BCUT2D eigenvalue weighted by Gasteiger charge is 2.22. The molecule has 7 heteroatoms. The summed E-state index contributed by atoms with van der Waals surface area (Å²) in [4.78, 5) is 41.1. The second-order valence-electron chi connectivity index (χ2n) is 6.63. The lowest BCUT2D eigenvalue weighted by Gasteiger charge is -2.23. The Labute approximate surface area is 158 Å². The Kier molecular flexibility index (Phi) is 6.76. The van der Waals surface area contributed by atoms with Crippen molar-refractivity contribution in [1.29, 1.82) is 0 Å². The summed E-state index contributed by atoms with van der Waals surface area (Å²) >= 11 is 0. The Hall–Kier alpha value is -3.09. The summed E-state index contributed by atoms with van der Waals surface area (Å²) in [5, 5.41) is 0. The molecule has 0 spiro atoms. The van der Waals surface area contributed by atoms with Gasteiger partial charge in [-0.05, 0) is 25.8 Å². The highest BCUT2D eigenvalue weighted by molar-refractivity contribution is 6.03. The van der Waals surface area contributed by atoms with Crippen molar-refractivity contribution in [2.45, 2.75) is 40.2 Å². The van der Waals surface area contributed by atoms with E-state index >= 15 is 0 Å². The van der Waals surface area contributed by atoms with Crippen LogP contribution in [0, 0.1) is 0 Å². The molecule has 0 unspecified atom stereocenters. The van der Waals surface area contributed by atoms with Gasteiger partial charge in [-0.2, -0.15) is 0 Å². The predicted molar refractivity (Wildman–Crippen MR) is 108 cm³/mol. The Bertz CT molecular complexity index is 938. The topological polar surface area (TPSA) is 101 Å². The number of rotatable bonds is 7. The van der Waals surface area contributed by atoms with Gasteiger partial charge in [0.15, 0.2) is 5.69 Å². The molecule has 1 aromatic heterocycles. The monoisotopic (exact) mass is 370 g/mol. The van der Waals surface area contributed by atoms with Crippen LogP contribution in [0.2, 0.25) is 0 Å². The number of allylic oxidation sites excluding steroid dienone is 1. The molecule has 0 bridgehead atoms. The molecule has 1 aromatic carbocycles. The number of nitrogens with one attached hydrogen (secondary N) is 1. The molecule has 0 radical (unpaired) electrons. The van der Waals surface area contributed by atoms with E-state index in [9.17, 15) is 14.4 Å². The van der Waals surface area contributed by atoms with Gasteiger partial charge in [0.2, 0.25) is 0 Å². The van der Waals surface area contributed by atoms with E-state index < -0.39 is 11.2 Å². The van der Waals surface area contributed by atoms with Crippen LogP contribution in [-0.4, -0.2) is 22.0 Å². The van der Waals surface area contributed by atoms with Crippen molar-refractivity contribution < 1.29 is 4.79 Å². The molecule has 2 rings (SSSR count). The fourth-order valence-electron chi connectivity index (χ4n) is 2.73. The summed E-state index contributed by atoms with van der Waals surface area (Å²) in [5.74, 6) is -0.343. The Morgan fingerprint density at radius 3 is 2.48 bits per heavy atom. The number of H-pyrrole nitrogens is 1. The minimum Gasteiger partial charge on any atom is -0.383 e. The van der Waals surface area contributed by atoms with Crippen LogP contribution in [0.4, 0.5) is 11.5 Å². The van der Waals surface area contributed by atoms with Crippen LogP contribution >= 0.6 is 0 Å². The summed E-state index contributed by atoms with van der Waals surface area (Å²) in [5.41, 5.74) is 6.63. The normalized spacial score (nSPS) is 10.5. The van der Waals surface area contributed by atoms with Crippen LogP contribution in [-0.2, 0) is 11.3 Å². The Morgan fingerprint density at radius 1 is 1.22 bits per heavy atom. The summed E-state index contributed by atoms with van der Waals surface area (Å²) < 4.78 is 1.28. The first kappa shape index (κ1) is 20.2. The van der Waals surface area contributed by atoms with E-state index in [0.717, 1.165) is 17.6 Å². The van der Waals surface area contributed by atoms with Gasteiger partial charge >= 0.3 is 5.69 Å². The Morgan fingerprint density at radius 2 is 1.89 bits per heavy atom. The van der Waals surface area contributed by atoms with Crippen LogP contribution in [0.5, 0.6) is 0 Å². The van der Waals surface area contributed by atoms with Crippen molar-refractivity contribution >= 4 is 17.4 Å². The van der Waals surface area contributed by atoms with Gasteiger partial charge < -0.3 is 10.6 Å². The van der Waals surface area contributed by atoms with Crippen molar-refractivity contribution in [2.75, 3.05) is 17.2 Å². The van der Waals surface area contributed by atoms with Crippen molar-refractivity contribution in [2.24, 2.45) is 0 Å². The lowest BCUT2D eigenvalue weighted by molar-refractivity contribution is -0.114. The van der Waals surface area contributed by atoms with E-state index in [-0.39, 0.29) is 24.0 Å². The zero-order chi connectivity index (χ0) is 20.0. The van der Waals surface area contributed by atoms with E-state index in [1.165, 1.54) is 15.5 Å². The van der Waals surface area contributed by atoms with E-state index in [4.69, 9.17) is 5.73 Å². The molecule has 7 nitrogen and oxygen atoms in total. The lowest BCUT2D eigenvalue weighted by atomic mass is 10.2. The minimum absolute atomic E-state index is 0.0146. The molecular formula is C20H26N4O3. The number of hydrogen-bond acceptors (Lipinski definition) is 4. The molecule has 0 saturated heterocycles. The third-order valence-electron chi connectivity index (χ3n) is 4.08. The average molecular weight is 370 g/mol. The number of carbonyl (C=O) groups excluding carboxylic acids is 1. The number of nitrogens with two attached hydrogens (primary N) is 1. The number of aromatic amines is 1. The third-order valence-corrected chi connectivity index (χ3v) is 4.08. The van der Waals surface area contributed by atoms with Gasteiger partial charge in [-0.25, -0.2) is 4.79 Å². The van der Waals surface area contributed by atoms with Gasteiger partial charge in [0.1, 0.15) is 5.82 Å². The van der Waals surface area contributed by atoms with E-state index in [0.29, 0.717) is 13.0 Å². The summed E-state index contributed by atoms with van der Waals surface area (Å²) in [6.45, 7) is 6.15. The molecule has 1 heterocycles. The van der Waals surface area contributed by atoms with Gasteiger partial charge in [0.05, 0.1) is 6.54 Å². The molecule has 27 heavy (non-hydrogen) atoms. The van der Waals surface area contributed by atoms with Crippen LogP contribution in [0.3, 0.4) is 0 Å². The van der Waals surface area contributed by atoms with Crippen LogP contribution in [0.1, 0.15) is 39.2 Å². The van der Waals surface area contributed by atoms with Crippen molar-refractivity contribution in [3.8, 4) is 0 Å². The third kappa shape index (κ3) is 4.97. The SMILES string of the molecule is CCCCN(C(=O)C=C(C)C)c1c(N)n(Cc2ccccc2)c(=O)[nH]c1=O. The number of carbonyl (C=O) groups is 1. The molecule has 144 valence electrons. The average Bonchev–Trinajstić information content (AvgIpc) is 2.61. The number of nitrogens with zero attached hydrogens (tertiary/aromatic N) is 2. The number of amides is 1. The number of benzene rings is 1. The maximum absolute atomic E-state index is 12.7. The molecule has 0 aliphatic rings. The molecule has 0 fully saturated rings. The standard InChI is InChI=1S/C20H26N4O3/c1-4-5-11-23(16(25)12-14(2)3)17-18(21)24(20(27)22-19(17)26)13-15-9-7-6-8-10-15/h6-10,12H,4-5,11,13,21H2,1-3H3,(H,22,26,27). The van der Waals surface area contributed by atoms with Crippen LogP contribution < -0.4 is 21.9 Å². The first-order valence-electron chi connectivity index (χ1n) is 8.98. The largest absolute Gasteiger partial charge is 0.383 e. The van der Waals surface area contributed by atoms with Crippen molar-refractivity contribution in [1.82, 2.24) is 9.55 Å². The maximum atomic E-state index is 12.7. The summed E-state index contributed by atoms with van der Waals surface area (Å²) in [6, 6.07) is 9.31. The zero-order valence-corrected chi connectivity index (χ0v) is 16.0. The second kappa shape index (κ2) is 9.02. The highest BCUT2D eigenvalue weighted by atomic mass is 16.2. The Balaban J connectivity index is 2.57. The number of aromatic nitrogens is 2. The fourth-order valence-corrected chi connectivity index (χ4v) is 2.73. The molecular weight excluding hydrogens is 344 g/mol.